The predicted octanol–water partition coefficient (Wildman–Crippen LogP) is 2.31. The van der Waals surface area contributed by atoms with E-state index in [1.54, 1.807) is 24.3 Å². The van der Waals surface area contributed by atoms with Gasteiger partial charge in [0.05, 0.1) is 0 Å². The number of esters is 1. The predicted molar refractivity (Wildman–Crippen MR) is 207 cm³/mol. The lowest BCUT2D eigenvalue weighted by Gasteiger charge is -2.36. The van der Waals surface area contributed by atoms with Gasteiger partial charge in [0.15, 0.2) is 0 Å². The van der Waals surface area contributed by atoms with Crippen LogP contribution < -0.4 is 21.3 Å². The van der Waals surface area contributed by atoms with Crippen LogP contribution in [0.2, 0.25) is 0 Å². The lowest BCUT2D eigenvalue weighted by atomic mass is 10.0. The molecular formula is C38H46F2IN7O8. The van der Waals surface area contributed by atoms with E-state index in [0.717, 1.165) is 15.7 Å². The fourth-order valence-corrected chi connectivity index (χ4v) is 7.58. The van der Waals surface area contributed by atoms with E-state index in [2.05, 4.69) is 43.9 Å². The van der Waals surface area contributed by atoms with Gasteiger partial charge in [-0.1, -0.05) is 6.92 Å². The van der Waals surface area contributed by atoms with Crippen molar-refractivity contribution in [3.63, 3.8) is 0 Å². The molecule has 0 saturated carbocycles. The second kappa shape index (κ2) is 17.9. The van der Waals surface area contributed by atoms with E-state index in [-0.39, 0.29) is 37.4 Å². The second-order valence-corrected chi connectivity index (χ2v) is 15.9. The number of hydrogen-bond donors (Lipinski definition) is 4. The number of amides is 7. The van der Waals surface area contributed by atoms with Gasteiger partial charge < -0.3 is 40.7 Å². The molecule has 18 heteroatoms. The molecule has 302 valence electrons. The van der Waals surface area contributed by atoms with E-state index in [1.165, 1.54) is 42.5 Å². The molecule has 4 N–H and O–H groups in total. The molecule has 3 aliphatic rings. The van der Waals surface area contributed by atoms with Crippen molar-refractivity contribution >= 4 is 69.8 Å². The Morgan fingerprint density at radius 2 is 1.59 bits per heavy atom. The summed E-state index contributed by atoms with van der Waals surface area (Å²) in [5.41, 5.74) is 0.401. The van der Waals surface area contributed by atoms with Crippen molar-refractivity contribution in [3.8, 4) is 0 Å². The van der Waals surface area contributed by atoms with Crippen LogP contribution in [0.4, 0.5) is 19.3 Å². The fourth-order valence-electron chi connectivity index (χ4n) is 7.22. The number of nitrogens with zero attached hydrogens (tertiary/aromatic N) is 3. The fraction of sp³-hybridized carbons (Fsp3) is 0.500. The Kier molecular flexibility index (Phi) is 13.5. The maximum atomic E-state index is 14.5. The van der Waals surface area contributed by atoms with Gasteiger partial charge in [-0.15, -0.1) is 0 Å². The number of hydrogen-bond acceptors (Lipinski definition) is 8. The number of ether oxygens (including phenoxy) is 1. The van der Waals surface area contributed by atoms with Crippen LogP contribution in [0, 0.1) is 21.1 Å². The zero-order valence-corrected chi connectivity index (χ0v) is 33.8. The number of likely N-dealkylation sites (N-methyl/N-ethyl adjacent to an activating group) is 1. The number of cyclic esters (lactones) is 1. The highest BCUT2D eigenvalue weighted by atomic mass is 127. The van der Waals surface area contributed by atoms with Crippen molar-refractivity contribution in [3.05, 3.63) is 63.2 Å². The zero-order chi connectivity index (χ0) is 41.0. The molecule has 3 saturated heterocycles. The van der Waals surface area contributed by atoms with Crippen molar-refractivity contribution in [1.82, 2.24) is 30.7 Å². The summed E-state index contributed by atoms with van der Waals surface area (Å²) < 4.78 is 35.3. The molecule has 15 nitrogen and oxygen atoms in total. The van der Waals surface area contributed by atoms with Crippen molar-refractivity contribution in [2.24, 2.45) is 5.92 Å². The molecule has 56 heavy (non-hydrogen) atoms. The summed E-state index contributed by atoms with van der Waals surface area (Å²) in [6, 6.07) is 1.20. The van der Waals surface area contributed by atoms with E-state index in [0.29, 0.717) is 18.2 Å². The molecule has 0 radical (unpaired) electrons. The van der Waals surface area contributed by atoms with Crippen LogP contribution in [0.5, 0.6) is 0 Å². The molecule has 5 rings (SSSR count). The lowest BCUT2D eigenvalue weighted by molar-refractivity contribution is -0.162. The van der Waals surface area contributed by atoms with Gasteiger partial charge in [0.2, 0.25) is 29.5 Å². The lowest BCUT2D eigenvalue weighted by Crippen LogP contribution is -2.62. The third-order valence-electron chi connectivity index (χ3n) is 10.3. The maximum absolute atomic E-state index is 14.5. The minimum absolute atomic E-state index is 0.0155. The SMILES string of the molecule is C[C@H]1CC2C(=O)O[C@@H](C)[C@H](NC(=O)[C@H](Cc3cc(F)cc(F)c3)NC(=O)Nc3ccc(I)cc3)C(=O)N3CCC[C@H]3C(=O)N(C)[C@@H](C)C(=O)N[C@@H](C)C(=O)N2C1. The van der Waals surface area contributed by atoms with Gasteiger partial charge in [-0.25, -0.2) is 18.4 Å². The van der Waals surface area contributed by atoms with Crippen LogP contribution in [-0.2, 0) is 39.9 Å². The number of rotatable bonds is 6. The van der Waals surface area contributed by atoms with E-state index in [1.807, 2.05) is 6.92 Å². The monoisotopic (exact) mass is 893 g/mol. The molecule has 0 bridgehead atoms. The number of benzene rings is 2. The second-order valence-electron chi connectivity index (χ2n) is 14.7. The van der Waals surface area contributed by atoms with Gasteiger partial charge in [-0.05, 0) is 111 Å². The maximum Gasteiger partial charge on any atom is 0.329 e. The summed E-state index contributed by atoms with van der Waals surface area (Å²) in [4.78, 5) is 100. The first-order chi connectivity index (χ1) is 26.4. The zero-order valence-electron chi connectivity index (χ0n) is 31.6. The average molecular weight is 894 g/mol. The number of carbonyl (C=O) groups excluding carboxylic acids is 7. The topological polar surface area (TPSA) is 187 Å². The molecule has 3 heterocycles. The molecule has 0 aromatic heterocycles. The van der Waals surface area contributed by atoms with Crippen LogP contribution in [0.15, 0.2) is 42.5 Å². The molecule has 0 spiro atoms. The van der Waals surface area contributed by atoms with Gasteiger partial charge in [-0.2, -0.15) is 0 Å². The molecule has 7 amide bonds. The Morgan fingerprint density at radius 3 is 2.25 bits per heavy atom. The average Bonchev–Trinajstić information content (AvgIpc) is 3.79. The van der Waals surface area contributed by atoms with Gasteiger partial charge in [-0.3, -0.25) is 24.0 Å². The smallest absolute Gasteiger partial charge is 0.329 e. The molecule has 3 fully saturated rings. The highest BCUT2D eigenvalue weighted by Gasteiger charge is 2.46. The van der Waals surface area contributed by atoms with Gasteiger partial charge >= 0.3 is 12.0 Å². The van der Waals surface area contributed by atoms with Crippen LogP contribution in [0.3, 0.4) is 0 Å². The molecular weight excluding hydrogens is 847 g/mol. The number of halogens is 3. The molecule has 2 aromatic carbocycles. The normalized spacial score (nSPS) is 26.9. The third kappa shape index (κ3) is 9.91. The van der Waals surface area contributed by atoms with E-state index in [9.17, 15) is 42.3 Å². The van der Waals surface area contributed by atoms with Crippen molar-refractivity contribution in [2.75, 3.05) is 25.5 Å². The van der Waals surface area contributed by atoms with Crippen LogP contribution in [-0.4, -0.2) is 119 Å². The summed E-state index contributed by atoms with van der Waals surface area (Å²) in [5, 5.41) is 10.4. The minimum atomic E-state index is -1.63. The third-order valence-corrected chi connectivity index (χ3v) is 11.1. The summed E-state index contributed by atoms with van der Waals surface area (Å²) in [6.07, 6.45) is -0.926. The van der Waals surface area contributed by atoms with Gasteiger partial charge in [0, 0.05) is 41.9 Å². The number of fused-ring (bicyclic) bond motifs is 2. The molecule has 8 atom stereocenters. The summed E-state index contributed by atoms with van der Waals surface area (Å²) >= 11 is 2.09. The quantitative estimate of drug-likeness (QED) is 0.252. The molecule has 0 aliphatic carbocycles. The first-order valence-electron chi connectivity index (χ1n) is 18.4. The highest BCUT2D eigenvalue weighted by molar-refractivity contribution is 14.1. The van der Waals surface area contributed by atoms with Crippen LogP contribution in [0.1, 0.15) is 52.5 Å². The Labute approximate surface area is 336 Å². The van der Waals surface area contributed by atoms with Gasteiger partial charge in [0.1, 0.15) is 54.0 Å². The number of urea groups is 1. The van der Waals surface area contributed by atoms with Gasteiger partial charge in [0.25, 0.3) is 0 Å². The summed E-state index contributed by atoms with van der Waals surface area (Å²) in [5.74, 6) is -6.27. The van der Waals surface area contributed by atoms with E-state index in [4.69, 9.17) is 4.74 Å². The Hall–Kier alpha value is -4.88. The first kappa shape index (κ1) is 42.3. The Bertz CT molecular complexity index is 1850. The van der Waals surface area contributed by atoms with Crippen LogP contribution in [0.25, 0.3) is 0 Å². The molecule has 3 aliphatic heterocycles. The number of anilines is 1. The number of nitrogens with one attached hydrogen (secondary N) is 4. The largest absolute Gasteiger partial charge is 0.458 e. The number of carbonyl (C=O) groups is 7. The minimum Gasteiger partial charge on any atom is -0.458 e. The van der Waals surface area contributed by atoms with Crippen molar-refractivity contribution in [1.29, 1.82) is 0 Å². The Morgan fingerprint density at radius 1 is 0.929 bits per heavy atom. The van der Waals surface area contributed by atoms with Crippen molar-refractivity contribution in [2.45, 2.75) is 95.7 Å². The van der Waals surface area contributed by atoms with Crippen LogP contribution >= 0.6 is 22.6 Å². The standard InChI is InChI=1S/C38H46F2IN7O8/c1-19-13-30-37(54)56-22(4)31(36(53)47-12-6-7-29(47)35(52)46(5)21(3)32(49)42-20(2)34(51)48(30)18-19)45-33(50)28(16-23-14-24(39)17-25(40)15-23)44-38(55)43-27-10-8-26(41)9-11-27/h8-11,14-15,17,19-22,28-31H,6-7,12-13,16,18H2,1-5H3,(H,42,49)(H,45,50)(H2,43,44,55)/t19-,20-,21-,22-,28-,29-,30?,31-/m0/s1. The molecule has 2 aromatic rings. The summed E-state index contributed by atoms with van der Waals surface area (Å²) in [7, 11) is 1.41. The molecule has 1 unspecified atom stereocenters. The highest BCUT2D eigenvalue weighted by Crippen LogP contribution is 2.27. The Balaban J connectivity index is 1.49. The van der Waals surface area contributed by atoms with E-state index < -0.39 is 102 Å². The van der Waals surface area contributed by atoms with E-state index >= 15 is 0 Å². The van der Waals surface area contributed by atoms with Crippen molar-refractivity contribution < 1.29 is 47.1 Å². The first-order valence-corrected chi connectivity index (χ1v) is 19.5. The summed E-state index contributed by atoms with van der Waals surface area (Å²) in [6.45, 7) is 6.49.